The molecule has 1 aliphatic heterocycles. The molecule has 0 spiro atoms. The molecule has 1 N–H and O–H groups in total. The van der Waals surface area contributed by atoms with Gasteiger partial charge < -0.3 is 19.6 Å². The normalized spacial score (nSPS) is 18.6. The van der Waals surface area contributed by atoms with E-state index in [9.17, 15) is 9.90 Å². The smallest absolute Gasteiger partial charge is 0.254 e. The van der Waals surface area contributed by atoms with Crippen molar-refractivity contribution in [3.8, 4) is 11.5 Å². The quantitative estimate of drug-likeness (QED) is 0.908. The number of hydrogen-bond acceptors (Lipinski definition) is 4. The number of methoxy groups -OCH3 is 1. The molecule has 1 aliphatic rings. The minimum Gasteiger partial charge on any atom is -0.504 e. The maximum atomic E-state index is 12.5. The minimum atomic E-state index is -0.0210. The molecule has 0 aliphatic carbocycles. The Bertz CT molecular complexity index is 488. The van der Waals surface area contributed by atoms with Crippen LogP contribution in [0.5, 0.6) is 11.5 Å². The number of aromatic hydroxyl groups is 1. The number of carbonyl (C=O) groups excluding carboxylic acids is 1. The first-order valence-corrected chi connectivity index (χ1v) is 6.85. The van der Waals surface area contributed by atoms with Crippen molar-refractivity contribution < 1.29 is 14.6 Å². The third kappa shape index (κ3) is 3.04. The molecule has 1 unspecified atom stereocenters. The van der Waals surface area contributed by atoms with Crippen molar-refractivity contribution in [3.05, 3.63) is 23.8 Å². The lowest BCUT2D eigenvalue weighted by atomic mass is 10.1. The van der Waals surface area contributed by atoms with E-state index in [0.29, 0.717) is 11.3 Å². The van der Waals surface area contributed by atoms with Crippen LogP contribution in [0, 0.1) is 0 Å². The van der Waals surface area contributed by atoms with Crippen LogP contribution in [0.4, 0.5) is 0 Å². The fourth-order valence-corrected chi connectivity index (χ4v) is 2.70. The Morgan fingerprint density at radius 2 is 2.25 bits per heavy atom. The molecule has 110 valence electrons. The summed E-state index contributed by atoms with van der Waals surface area (Å²) < 4.78 is 5.00. The van der Waals surface area contributed by atoms with Gasteiger partial charge in [-0.05, 0) is 45.1 Å². The average Bonchev–Trinajstić information content (AvgIpc) is 2.85. The molecule has 20 heavy (non-hydrogen) atoms. The van der Waals surface area contributed by atoms with Gasteiger partial charge in [0.1, 0.15) is 0 Å². The van der Waals surface area contributed by atoms with E-state index in [1.807, 2.05) is 19.0 Å². The molecule has 1 atom stereocenters. The molecule has 1 amide bonds. The molecule has 1 aromatic carbocycles. The fraction of sp³-hybridized carbons (Fsp3) is 0.533. The highest BCUT2D eigenvalue weighted by Crippen LogP contribution is 2.28. The summed E-state index contributed by atoms with van der Waals surface area (Å²) in [4.78, 5) is 16.5. The van der Waals surface area contributed by atoms with E-state index < -0.39 is 0 Å². The summed E-state index contributed by atoms with van der Waals surface area (Å²) in [6.45, 7) is 1.65. The van der Waals surface area contributed by atoms with E-state index in [-0.39, 0.29) is 17.7 Å². The van der Waals surface area contributed by atoms with Crippen LogP contribution in [0.25, 0.3) is 0 Å². The third-order valence-electron chi connectivity index (χ3n) is 3.64. The Morgan fingerprint density at radius 1 is 1.50 bits per heavy atom. The molecule has 1 saturated heterocycles. The number of benzene rings is 1. The minimum absolute atomic E-state index is 0.00158. The number of likely N-dealkylation sites (tertiary alicyclic amines) is 1. The largest absolute Gasteiger partial charge is 0.504 e. The van der Waals surface area contributed by atoms with Gasteiger partial charge in [-0.2, -0.15) is 0 Å². The van der Waals surface area contributed by atoms with Crippen molar-refractivity contribution in [2.45, 2.75) is 18.9 Å². The fourth-order valence-electron chi connectivity index (χ4n) is 2.70. The lowest BCUT2D eigenvalue weighted by Crippen LogP contribution is -2.41. The molecule has 0 bridgehead atoms. The highest BCUT2D eigenvalue weighted by molar-refractivity contribution is 5.95. The molecule has 1 fully saturated rings. The van der Waals surface area contributed by atoms with Gasteiger partial charge in [-0.3, -0.25) is 4.79 Å². The van der Waals surface area contributed by atoms with Gasteiger partial charge in [0.15, 0.2) is 11.5 Å². The second kappa shape index (κ2) is 6.13. The lowest BCUT2D eigenvalue weighted by molar-refractivity contribution is 0.0716. The molecule has 0 saturated carbocycles. The Balaban J connectivity index is 2.16. The zero-order chi connectivity index (χ0) is 14.7. The van der Waals surface area contributed by atoms with Gasteiger partial charge in [-0.15, -0.1) is 0 Å². The van der Waals surface area contributed by atoms with Gasteiger partial charge >= 0.3 is 0 Å². The number of phenols is 1. The van der Waals surface area contributed by atoms with E-state index in [1.165, 1.54) is 13.2 Å². The molecule has 5 heteroatoms. The van der Waals surface area contributed by atoms with E-state index in [0.717, 1.165) is 25.9 Å². The van der Waals surface area contributed by atoms with E-state index in [2.05, 4.69) is 4.90 Å². The lowest BCUT2D eigenvalue weighted by Gasteiger charge is -2.27. The van der Waals surface area contributed by atoms with Crippen LogP contribution in [0.3, 0.4) is 0 Å². The van der Waals surface area contributed by atoms with Crippen LogP contribution in [0.1, 0.15) is 23.2 Å². The zero-order valence-electron chi connectivity index (χ0n) is 12.3. The Hall–Kier alpha value is -1.75. The number of hydrogen-bond donors (Lipinski definition) is 1. The number of phenolic OH excluding ortho intramolecular Hbond substituents is 1. The van der Waals surface area contributed by atoms with Gasteiger partial charge in [0.05, 0.1) is 7.11 Å². The summed E-state index contributed by atoms with van der Waals surface area (Å²) in [6.07, 6.45) is 2.07. The maximum Gasteiger partial charge on any atom is 0.254 e. The van der Waals surface area contributed by atoms with E-state index in [1.54, 1.807) is 12.1 Å². The van der Waals surface area contributed by atoms with Crippen LogP contribution >= 0.6 is 0 Å². The van der Waals surface area contributed by atoms with Crippen molar-refractivity contribution in [2.24, 2.45) is 0 Å². The molecule has 0 radical (unpaired) electrons. The number of ether oxygens (including phenoxy) is 1. The van der Waals surface area contributed by atoms with Crippen LogP contribution in [-0.4, -0.2) is 61.2 Å². The second-order valence-corrected chi connectivity index (χ2v) is 5.44. The van der Waals surface area contributed by atoms with Gasteiger partial charge in [0, 0.05) is 24.7 Å². The molecule has 1 heterocycles. The van der Waals surface area contributed by atoms with Crippen molar-refractivity contribution in [1.82, 2.24) is 9.80 Å². The van der Waals surface area contributed by atoms with Crippen molar-refractivity contribution in [2.75, 3.05) is 34.3 Å². The van der Waals surface area contributed by atoms with Crippen molar-refractivity contribution >= 4 is 5.91 Å². The summed E-state index contributed by atoms with van der Waals surface area (Å²) in [6, 6.07) is 5.05. The molecule has 0 aromatic heterocycles. The Labute approximate surface area is 119 Å². The van der Waals surface area contributed by atoms with Gasteiger partial charge in [-0.1, -0.05) is 0 Å². The molecular formula is C15H22N2O3. The first kappa shape index (κ1) is 14.7. The first-order chi connectivity index (χ1) is 9.52. The van der Waals surface area contributed by atoms with Gasteiger partial charge in [-0.25, -0.2) is 0 Å². The highest BCUT2D eigenvalue weighted by atomic mass is 16.5. The van der Waals surface area contributed by atoms with Crippen molar-refractivity contribution in [3.63, 3.8) is 0 Å². The van der Waals surface area contributed by atoms with Crippen molar-refractivity contribution in [1.29, 1.82) is 0 Å². The van der Waals surface area contributed by atoms with E-state index in [4.69, 9.17) is 4.74 Å². The number of likely N-dealkylation sites (N-methyl/N-ethyl adjacent to an activating group) is 1. The Kier molecular flexibility index (Phi) is 4.49. The predicted octanol–water partition coefficient (Wildman–Crippen LogP) is 1.57. The maximum absolute atomic E-state index is 12.5. The highest BCUT2D eigenvalue weighted by Gasteiger charge is 2.29. The van der Waals surface area contributed by atoms with Crippen LogP contribution in [-0.2, 0) is 0 Å². The molecule has 5 nitrogen and oxygen atoms in total. The summed E-state index contributed by atoms with van der Waals surface area (Å²) in [7, 11) is 5.52. The number of nitrogens with zero attached hydrogens (tertiary/aromatic N) is 2. The van der Waals surface area contributed by atoms with E-state index >= 15 is 0 Å². The summed E-state index contributed by atoms with van der Waals surface area (Å²) in [5.74, 6) is 0.363. The number of carbonyl (C=O) groups is 1. The van der Waals surface area contributed by atoms with Gasteiger partial charge in [0.2, 0.25) is 0 Å². The van der Waals surface area contributed by atoms with Crippen LogP contribution < -0.4 is 4.74 Å². The molecule has 2 rings (SSSR count). The number of rotatable bonds is 4. The predicted molar refractivity (Wildman–Crippen MR) is 77.3 cm³/mol. The Morgan fingerprint density at radius 3 is 2.85 bits per heavy atom. The number of amides is 1. The topological polar surface area (TPSA) is 53.0 Å². The standard InChI is InChI=1S/C15H22N2O3/c1-16(2)10-12-5-4-8-17(12)15(19)11-6-7-14(20-3)13(18)9-11/h6-7,9,12,18H,4-5,8,10H2,1-3H3. The summed E-state index contributed by atoms with van der Waals surface area (Å²) >= 11 is 0. The van der Waals surface area contributed by atoms with Gasteiger partial charge in [0.25, 0.3) is 5.91 Å². The summed E-state index contributed by atoms with van der Waals surface area (Å²) in [5.41, 5.74) is 0.508. The monoisotopic (exact) mass is 278 g/mol. The third-order valence-corrected chi connectivity index (χ3v) is 3.64. The second-order valence-electron chi connectivity index (χ2n) is 5.44. The van der Waals surface area contributed by atoms with Crippen LogP contribution in [0.2, 0.25) is 0 Å². The zero-order valence-corrected chi connectivity index (χ0v) is 12.3. The first-order valence-electron chi connectivity index (χ1n) is 6.85. The average molecular weight is 278 g/mol. The molecular weight excluding hydrogens is 256 g/mol. The SMILES string of the molecule is COc1ccc(C(=O)N2CCCC2CN(C)C)cc1O. The van der Waals surface area contributed by atoms with Crippen LogP contribution in [0.15, 0.2) is 18.2 Å². The summed E-state index contributed by atoms with van der Waals surface area (Å²) in [5, 5.41) is 9.79. The molecule has 1 aromatic rings.